The summed E-state index contributed by atoms with van der Waals surface area (Å²) < 4.78 is 43.8. The van der Waals surface area contributed by atoms with E-state index in [1.165, 1.54) is 7.11 Å². The van der Waals surface area contributed by atoms with Crippen molar-refractivity contribution in [1.82, 2.24) is 9.88 Å². The van der Waals surface area contributed by atoms with Gasteiger partial charge in [-0.1, -0.05) is 6.07 Å². The molecule has 0 aliphatic carbocycles. The second-order valence-corrected chi connectivity index (χ2v) is 5.97. The molecule has 0 saturated carbocycles. The van der Waals surface area contributed by atoms with Crippen molar-refractivity contribution in [3.8, 4) is 5.75 Å². The smallest absolute Gasteiger partial charge is 0.419 e. The zero-order valence-electron chi connectivity index (χ0n) is 13.0. The molecule has 130 valence electrons. The van der Waals surface area contributed by atoms with Crippen LogP contribution in [-0.4, -0.2) is 52.9 Å². The van der Waals surface area contributed by atoms with Crippen molar-refractivity contribution < 1.29 is 27.8 Å². The van der Waals surface area contributed by atoms with Gasteiger partial charge in [-0.25, -0.2) is 0 Å². The number of ether oxygens (including phenoxy) is 1. The SMILES string of the molecule is COc1cccc2[nH]cc(CC(=O)N3CCC(O)(C(F)(F)F)C3)c12. The number of amides is 1. The molecule has 0 bridgehead atoms. The van der Waals surface area contributed by atoms with Crippen LogP contribution in [0, 0.1) is 0 Å². The highest BCUT2D eigenvalue weighted by Gasteiger charge is 2.57. The van der Waals surface area contributed by atoms with Crippen LogP contribution in [0.2, 0.25) is 0 Å². The van der Waals surface area contributed by atoms with Crippen molar-refractivity contribution in [2.24, 2.45) is 0 Å². The van der Waals surface area contributed by atoms with Gasteiger partial charge in [0.1, 0.15) is 5.75 Å². The number of carbonyl (C=O) groups is 1. The average Bonchev–Trinajstić information content (AvgIpc) is 3.12. The van der Waals surface area contributed by atoms with Crippen LogP contribution in [0.25, 0.3) is 10.9 Å². The number of nitrogens with one attached hydrogen (secondary N) is 1. The molecule has 0 spiro atoms. The lowest BCUT2D eigenvalue weighted by molar-refractivity contribution is -0.253. The highest BCUT2D eigenvalue weighted by molar-refractivity contribution is 5.93. The van der Waals surface area contributed by atoms with Crippen molar-refractivity contribution in [3.05, 3.63) is 30.0 Å². The number of aliphatic hydroxyl groups is 1. The van der Waals surface area contributed by atoms with Gasteiger partial charge in [0.2, 0.25) is 5.91 Å². The van der Waals surface area contributed by atoms with Gasteiger partial charge < -0.3 is 19.7 Å². The monoisotopic (exact) mass is 342 g/mol. The standard InChI is InChI=1S/C16H17F3N2O3/c1-24-12-4-2-3-11-14(12)10(8-20-11)7-13(22)21-6-5-15(23,9-21)16(17,18)19/h2-4,8,20,23H,5-7,9H2,1H3. The molecule has 24 heavy (non-hydrogen) atoms. The number of likely N-dealkylation sites (tertiary alicyclic amines) is 1. The van der Waals surface area contributed by atoms with E-state index in [1.807, 2.05) is 6.07 Å². The second kappa shape index (κ2) is 5.70. The Morgan fingerprint density at radius 3 is 2.83 bits per heavy atom. The van der Waals surface area contributed by atoms with Gasteiger partial charge in [-0.3, -0.25) is 4.79 Å². The molecule has 3 rings (SSSR count). The number of fused-ring (bicyclic) bond motifs is 1. The van der Waals surface area contributed by atoms with E-state index in [9.17, 15) is 23.1 Å². The van der Waals surface area contributed by atoms with Crippen molar-refractivity contribution in [1.29, 1.82) is 0 Å². The van der Waals surface area contributed by atoms with E-state index in [0.29, 0.717) is 11.3 Å². The van der Waals surface area contributed by atoms with E-state index < -0.39 is 30.7 Å². The molecule has 1 unspecified atom stereocenters. The number of hydrogen-bond donors (Lipinski definition) is 2. The Balaban J connectivity index is 1.79. The van der Waals surface area contributed by atoms with Crippen molar-refractivity contribution in [2.75, 3.05) is 20.2 Å². The Morgan fingerprint density at radius 1 is 1.46 bits per heavy atom. The fraction of sp³-hybridized carbons (Fsp3) is 0.438. The highest BCUT2D eigenvalue weighted by atomic mass is 19.4. The van der Waals surface area contributed by atoms with Gasteiger partial charge in [0.15, 0.2) is 5.60 Å². The fourth-order valence-electron chi connectivity index (χ4n) is 3.04. The summed E-state index contributed by atoms with van der Waals surface area (Å²) in [6.07, 6.45) is -3.66. The lowest BCUT2D eigenvalue weighted by Crippen LogP contribution is -2.48. The van der Waals surface area contributed by atoms with Crippen molar-refractivity contribution >= 4 is 16.8 Å². The Hall–Kier alpha value is -2.22. The average molecular weight is 342 g/mol. The summed E-state index contributed by atoms with van der Waals surface area (Å²) in [5.41, 5.74) is -1.39. The van der Waals surface area contributed by atoms with Gasteiger partial charge >= 0.3 is 6.18 Å². The van der Waals surface area contributed by atoms with Gasteiger partial charge in [-0.05, 0) is 17.7 Å². The van der Waals surface area contributed by atoms with Gasteiger partial charge in [-0.2, -0.15) is 13.2 Å². The van der Waals surface area contributed by atoms with E-state index in [0.717, 1.165) is 15.8 Å². The molecular formula is C16H17F3N2O3. The number of nitrogens with zero attached hydrogens (tertiary/aromatic N) is 1. The first-order valence-corrected chi connectivity index (χ1v) is 7.45. The van der Waals surface area contributed by atoms with E-state index >= 15 is 0 Å². The molecule has 8 heteroatoms. The van der Waals surface area contributed by atoms with Crippen LogP contribution in [0.3, 0.4) is 0 Å². The zero-order chi connectivity index (χ0) is 17.5. The van der Waals surface area contributed by atoms with Crippen LogP contribution in [0.1, 0.15) is 12.0 Å². The number of methoxy groups -OCH3 is 1. The minimum absolute atomic E-state index is 0.0612. The van der Waals surface area contributed by atoms with Crippen molar-refractivity contribution in [2.45, 2.75) is 24.6 Å². The van der Waals surface area contributed by atoms with Crippen LogP contribution in [0.5, 0.6) is 5.75 Å². The summed E-state index contributed by atoms with van der Waals surface area (Å²) in [5.74, 6) is 0.131. The fourth-order valence-corrected chi connectivity index (χ4v) is 3.04. The molecule has 2 N–H and O–H groups in total. The number of alkyl halides is 3. The van der Waals surface area contributed by atoms with Crippen LogP contribution >= 0.6 is 0 Å². The third-order valence-corrected chi connectivity index (χ3v) is 4.44. The van der Waals surface area contributed by atoms with Crippen LogP contribution in [0.15, 0.2) is 24.4 Å². The molecule has 2 aromatic rings. The Morgan fingerprint density at radius 2 is 2.21 bits per heavy atom. The molecule has 1 fully saturated rings. The molecule has 1 aliphatic heterocycles. The number of halogens is 3. The van der Waals surface area contributed by atoms with E-state index in [1.54, 1.807) is 18.3 Å². The molecular weight excluding hydrogens is 325 g/mol. The minimum Gasteiger partial charge on any atom is -0.496 e. The maximum atomic E-state index is 12.9. The summed E-state index contributed by atoms with van der Waals surface area (Å²) in [4.78, 5) is 16.4. The molecule has 1 saturated heterocycles. The largest absolute Gasteiger partial charge is 0.496 e. The summed E-state index contributed by atoms with van der Waals surface area (Å²) in [6.45, 7) is -0.844. The Labute approximate surface area is 136 Å². The maximum absolute atomic E-state index is 12.9. The number of carbonyl (C=O) groups excluding carboxylic acids is 1. The number of H-pyrrole nitrogens is 1. The summed E-state index contributed by atoms with van der Waals surface area (Å²) >= 11 is 0. The van der Waals surface area contributed by atoms with E-state index in [2.05, 4.69) is 4.98 Å². The Bertz CT molecular complexity index is 772. The minimum atomic E-state index is -4.74. The molecule has 2 heterocycles. The number of hydrogen-bond acceptors (Lipinski definition) is 3. The number of β-amino-alcohol motifs (C(OH)–C–C–N with tert-alkyl or cyclic N) is 1. The third-order valence-electron chi connectivity index (χ3n) is 4.44. The van der Waals surface area contributed by atoms with Crippen LogP contribution in [0.4, 0.5) is 13.2 Å². The second-order valence-electron chi connectivity index (χ2n) is 5.97. The Kier molecular flexibility index (Phi) is 3.95. The predicted molar refractivity (Wildman–Crippen MR) is 80.8 cm³/mol. The molecule has 1 atom stereocenters. The molecule has 1 aromatic carbocycles. The van der Waals surface area contributed by atoms with Crippen LogP contribution < -0.4 is 4.74 Å². The lowest BCUT2D eigenvalue weighted by Gasteiger charge is -2.25. The normalized spacial score (nSPS) is 21.5. The molecule has 1 aromatic heterocycles. The molecule has 5 nitrogen and oxygen atoms in total. The van der Waals surface area contributed by atoms with Gasteiger partial charge in [0.05, 0.1) is 20.1 Å². The summed E-state index contributed by atoms with van der Waals surface area (Å²) in [6, 6.07) is 5.37. The van der Waals surface area contributed by atoms with E-state index in [4.69, 9.17) is 4.74 Å². The summed E-state index contributed by atoms with van der Waals surface area (Å²) in [7, 11) is 1.51. The zero-order valence-corrected chi connectivity index (χ0v) is 13.0. The number of aromatic nitrogens is 1. The lowest BCUT2D eigenvalue weighted by atomic mass is 10.0. The first-order valence-electron chi connectivity index (χ1n) is 7.45. The quantitative estimate of drug-likeness (QED) is 0.899. The molecule has 1 amide bonds. The first-order chi connectivity index (χ1) is 11.2. The van der Waals surface area contributed by atoms with Gasteiger partial charge in [0.25, 0.3) is 0 Å². The predicted octanol–water partition coefficient (Wildman–Crippen LogP) is 2.24. The van der Waals surface area contributed by atoms with Crippen LogP contribution in [-0.2, 0) is 11.2 Å². The number of benzene rings is 1. The van der Waals surface area contributed by atoms with Gasteiger partial charge in [-0.15, -0.1) is 0 Å². The third kappa shape index (κ3) is 2.71. The highest BCUT2D eigenvalue weighted by Crippen LogP contribution is 2.38. The van der Waals surface area contributed by atoms with Crippen molar-refractivity contribution in [3.63, 3.8) is 0 Å². The molecule has 1 aliphatic rings. The first kappa shape index (κ1) is 16.6. The summed E-state index contributed by atoms with van der Waals surface area (Å²) in [5, 5.41) is 10.4. The van der Waals surface area contributed by atoms with E-state index in [-0.39, 0.29) is 13.0 Å². The number of aromatic amines is 1. The number of rotatable bonds is 3. The maximum Gasteiger partial charge on any atom is 0.419 e. The topological polar surface area (TPSA) is 65.6 Å². The molecule has 0 radical (unpaired) electrons. The van der Waals surface area contributed by atoms with Gasteiger partial charge in [0, 0.05) is 30.1 Å².